The Labute approximate surface area is 132 Å². The van der Waals surface area contributed by atoms with Crippen LogP contribution in [0.1, 0.15) is 16.1 Å². The summed E-state index contributed by atoms with van der Waals surface area (Å²) in [5, 5.41) is 16.1. The second-order valence-electron chi connectivity index (χ2n) is 5.46. The van der Waals surface area contributed by atoms with Crippen LogP contribution in [0.25, 0.3) is 11.3 Å². The maximum Gasteiger partial charge on any atom is 0.328 e. The molecule has 3 rings (SSSR count). The van der Waals surface area contributed by atoms with Gasteiger partial charge in [-0.15, -0.1) is 0 Å². The molecule has 120 valence electrons. The second kappa shape index (κ2) is 6.21. The average molecular weight is 315 g/mol. The number of ether oxygens (including phenoxy) is 1. The number of carboxylic acids is 1. The number of carbonyl (C=O) groups excluding carboxylic acids is 1. The van der Waals surface area contributed by atoms with E-state index in [4.69, 9.17) is 4.74 Å². The summed E-state index contributed by atoms with van der Waals surface area (Å²) in [5.41, 5.74) is 2.95. The molecule has 2 aromatic rings. The lowest BCUT2D eigenvalue weighted by atomic mass is 10.1. The molecule has 0 aliphatic carbocycles. The minimum atomic E-state index is -1.07. The smallest absolute Gasteiger partial charge is 0.328 e. The molecule has 1 aromatic heterocycles. The van der Waals surface area contributed by atoms with Gasteiger partial charge in [-0.1, -0.05) is 29.8 Å². The standard InChI is InChI=1S/C16H17N3O4/c1-10-2-4-11(5-3-10)12-8-13(18-17-12)15(20)19-6-7-23-9-14(19)16(21)22/h2-5,8,14H,6-7,9H2,1H3,(H,17,18)(H,21,22). The molecular formula is C16H17N3O4. The molecule has 1 amide bonds. The van der Waals surface area contributed by atoms with Gasteiger partial charge in [-0.2, -0.15) is 5.10 Å². The Bertz CT molecular complexity index is 723. The molecule has 1 unspecified atom stereocenters. The number of carboxylic acid groups (broad SMARTS) is 1. The predicted octanol–water partition coefficient (Wildman–Crippen LogP) is 1.31. The van der Waals surface area contributed by atoms with Crippen molar-refractivity contribution in [2.75, 3.05) is 19.8 Å². The van der Waals surface area contributed by atoms with Crippen molar-refractivity contribution < 1.29 is 19.4 Å². The first kappa shape index (κ1) is 15.2. The number of aromatic nitrogens is 2. The number of nitrogens with one attached hydrogen (secondary N) is 1. The van der Waals surface area contributed by atoms with Gasteiger partial charge in [0, 0.05) is 12.1 Å². The number of amides is 1. The third-order valence-corrected chi connectivity index (χ3v) is 3.83. The monoisotopic (exact) mass is 315 g/mol. The maximum atomic E-state index is 12.5. The summed E-state index contributed by atoms with van der Waals surface area (Å²) in [5.74, 6) is -1.46. The Morgan fingerprint density at radius 1 is 1.35 bits per heavy atom. The quantitative estimate of drug-likeness (QED) is 0.890. The normalized spacial score (nSPS) is 18.0. The van der Waals surface area contributed by atoms with Crippen molar-refractivity contribution in [1.82, 2.24) is 15.1 Å². The predicted molar refractivity (Wildman–Crippen MR) is 82.0 cm³/mol. The molecule has 7 nitrogen and oxygen atoms in total. The lowest BCUT2D eigenvalue weighted by molar-refractivity contribution is -0.147. The van der Waals surface area contributed by atoms with Gasteiger partial charge in [0.05, 0.1) is 18.9 Å². The number of carbonyl (C=O) groups is 2. The SMILES string of the molecule is Cc1ccc(-c2cc(C(=O)N3CCOCC3C(=O)O)[nH]n2)cc1. The molecule has 1 fully saturated rings. The van der Waals surface area contributed by atoms with E-state index < -0.39 is 12.0 Å². The number of H-pyrrole nitrogens is 1. The Hall–Kier alpha value is -2.67. The molecule has 0 spiro atoms. The fourth-order valence-electron chi connectivity index (χ4n) is 2.51. The van der Waals surface area contributed by atoms with Crippen LogP contribution in [0.3, 0.4) is 0 Å². The van der Waals surface area contributed by atoms with Crippen LogP contribution in [0.4, 0.5) is 0 Å². The van der Waals surface area contributed by atoms with Gasteiger partial charge in [0.15, 0.2) is 6.04 Å². The van der Waals surface area contributed by atoms with E-state index in [1.165, 1.54) is 4.90 Å². The highest BCUT2D eigenvalue weighted by molar-refractivity contribution is 5.96. The number of nitrogens with zero attached hydrogens (tertiary/aromatic N) is 2. The van der Waals surface area contributed by atoms with E-state index in [1.54, 1.807) is 6.07 Å². The minimum absolute atomic E-state index is 0.0000295. The van der Waals surface area contributed by atoms with Gasteiger partial charge < -0.3 is 14.7 Å². The number of aliphatic carboxylic acids is 1. The van der Waals surface area contributed by atoms with Crippen molar-refractivity contribution >= 4 is 11.9 Å². The summed E-state index contributed by atoms with van der Waals surface area (Å²) in [6.45, 7) is 2.57. The molecule has 1 aromatic carbocycles. The van der Waals surface area contributed by atoms with E-state index >= 15 is 0 Å². The van der Waals surface area contributed by atoms with Crippen molar-refractivity contribution in [2.45, 2.75) is 13.0 Å². The zero-order chi connectivity index (χ0) is 16.4. The van der Waals surface area contributed by atoms with E-state index in [-0.39, 0.29) is 24.8 Å². The highest BCUT2D eigenvalue weighted by atomic mass is 16.5. The van der Waals surface area contributed by atoms with Crippen LogP contribution in [0.2, 0.25) is 0 Å². The Morgan fingerprint density at radius 2 is 2.09 bits per heavy atom. The Balaban J connectivity index is 1.83. The number of benzene rings is 1. The van der Waals surface area contributed by atoms with Crippen LogP contribution in [0.15, 0.2) is 30.3 Å². The number of morpholine rings is 1. The molecule has 0 bridgehead atoms. The summed E-state index contributed by atoms with van der Waals surface area (Å²) in [4.78, 5) is 25.1. The van der Waals surface area contributed by atoms with Crippen molar-refractivity contribution in [3.8, 4) is 11.3 Å². The summed E-state index contributed by atoms with van der Waals surface area (Å²) in [7, 11) is 0. The number of rotatable bonds is 3. The first-order valence-electron chi connectivity index (χ1n) is 7.30. The molecule has 0 radical (unpaired) electrons. The van der Waals surface area contributed by atoms with Crippen LogP contribution in [-0.2, 0) is 9.53 Å². The molecule has 1 aliphatic heterocycles. The third-order valence-electron chi connectivity index (χ3n) is 3.83. The van der Waals surface area contributed by atoms with Crippen molar-refractivity contribution in [3.05, 3.63) is 41.6 Å². The summed E-state index contributed by atoms with van der Waals surface area (Å²) in [6, 6.07) is 8.45. The molecule has 0 saturated carbocycles. The molecule has 1 atom stereocenters. The van der Waals surface area contributed by atoms with Crippen LogP contribution in [-0.4, -0.2) is 57.9 Å². The van der Waals surface area contributed by atoms with Crippen molar-refractivity contribution in [3.63, 3.8) is 0 Å². The van der Waals surface area contributed by atoms with Crippen molar-refractivity contribution in [2.24, 2.45) is 0 Å². The second-order valence-corrected chi connectivity index (χ2v) is 5.46. The summed E-state index contributed by atoms with van der Waals surface area (Å²) >= 11 is 0. The fourth-order valence-corrected chi connectivity index (χ4v) is 2.51. The molecule has 7 heteroatoms. The van der Waals surface area contributed by atoms with E-state index in [1.807, 2.05) is 31.2 Å². The van der Waals surface area contributed by atoms with Crippen LogP contribution in [0.5, 0.6) is 0 Å². The summed E-state index contributed by atoms with van der Waals surface area (Å²) in [6.07, 6.45) is 0. The van der Waals surface area contributed by atoms with Gasteiger partial charge in [-0.25, -0.2) is 4.79 Å². The van der Waals surface area contributed by atoms with E-state index in [0.29, 0.717) is 12.3 Å². The lowest BCUT2D eigenvalue weighted by Crippen LogP contribution is -2.52. The van der Waals surface area contributed by atoms with Crippen molar-refractivity contribution in [1.29, 1.82) is 0 Å². The fraction of sp³-hybridized carbons (Fsp3) is 0.312. The Kier molecular flexibility index (Phi) is 4.12. The zero-order valence-electron chi connectivity index (χ0n) is 12.7. The number of hydrogen-bond donors (Lipinski definition) is 2. The van der Waals surface area contributed by atoms with Gasteiger partial charge in [0.1, 0.15) is 5.69 Å². The number of aryl methyl sites for hydroxylation is 1. The van der Waals surface area contributed by atoms with Crippen LogP contribution >= 0.6 is 0 Å². The lowest BCUT2D eigenvalue weighted by Gasteiger charge is -2.32. The largest absolute Gasteiger partial charge is 0.480 e. The molecule has 1 saturated heterocycles. The zero-order valence-corrected chi connectivity index (χ0v) is 12.7. The first-order chi connectivity index (χ1) is 11.1. The van der Waals surface area contributed by atoms with Gasteiger partial charge >= 0.3 is 5.97 Å². The number of aromatic amines is 1. The summed E-state index contributed by atoms with van der Waals surface area (Å²) < 4.78 is 5.14. The molecule has 2 N–H and O–H groups in total. The van der Waals surface area contributed by atoms with Gasteiger partial charge in [0.2, 0.25) is 0 Å². The molecular weight excluding hydrogens is 298 g/mol. The third kappa shape index (κ3) is 3.09. The topological polar surface area (TPSA) is 95.5 Å². The van der Waals surface area contributed by atoms with Crippen LogP contribution in [0, 0.1) is 6.92 Å². The molecule has 2 heterocycles. The van der Waals surface area contributed by atoms with E-state index in [0.717, 1.165) is 11.1 Å². The van der Waals surface area contributed by atoms with Crippen LogP contribution < -0.4 is 0 Å². The van der Waals surface area contributed by atoms with Gasteiger partial charge in [-0.3, -0.25) is 9.89 Å². The highest BCUT2D eigenvalue weighted by Gasteiger charge is 2.34. The minimum Gasteiger partial charge on any atom is -0.480 e. The van der Waals surface area contributed by atoms with E-state index in [2.05, 4.69) is 10.2 Å². The first-order valence-corrected chi connectivity index (χ1v) is 7.30. The molecule has 23 heavy (non-hydrogen) atoms. The van der Waals surface area contributed by atoms with Gasteiger partial charge in [0.25, 0.3) is 5.91 Å². The van der Waals surface area contributed by atoms with E-state index in [9.17, 15) is 14.7 Å². The Morgan fingerprint density at radius 3 is 2.78 bits per heavy atom. The highest BCUT2D eigenvalue weighted by Crippen LogP contribution is 2.20. The number of hydrogen-bond acceptors (Lipinski definition) is 4. The average Bonchev–Trinajstić information content (AvgIpc) is 3.04. The van der Waals surface area contributed by atoms with Gasteiger partial charge in [-0.05, 0) is 13.0 Å². The maximum absolute atomic E-state index is 12.5. The molecule has 1 aliphatic rings.